The number of thioether (sulfide) groups is 1. The normalized spacial score (nSPS) is 11.9. The fraction of sp³-hybridized carbons (Fsp3) is 0.115. The van der Waals surface area contributed by atoms with Crippen molar-refractivity contribution in [3.63, 3.8) is 0 Å². The lowest BCUT2D eigenvalue weighted by Crippen LogP contribution is -2.24. The van der Waals surface area contributed by atoms with Gasteiger partial charge in [0.15, 0.2) is 5.69 Å². The molecule has 2 heterocycles. The van der Waals surface area contributed by atoms with Gasteiger partial charge in [0.25, 0.3) is 16.7 Å². The highest BCUT2D eigenvalue weighted by molar-refractivity contribution is 8.00. The number of amides is 1. The fourth-order valence-corrected chi connectivity index (χ4v) is 4.26. The number of carbonyl (C=O) groups excluding carboxylic acids is 1. The van der Waals surface area contributed by atoms with E-state index in [4.69, 9.17) is 4.42 Å². The van der Waals surface area contributed by atoms with Gasteiger partial charge in [0, 0.05) is 11.1 Å². The summed E-state index contributed by atoms with van der Waals surface area (Å²) in [5, 5.41) is 16.6. The molecule has 1 unspecified atom stereocenters. The van der Waals surface area contributed by atoms with Crippen LogP contribution >= 0.6 is 11.8 Å². The first-order chi connectivity index (χ1) is 17.1. The maximum Gasteiger partial charge on any atom is 0.277 e. The van der Waals surface area contributed by atoms with Crippen LogP contribution in [-0.4, -0.2) is 31.1 Å². The number of nitrogens with zero attached hydrogens (tertiary/aromatic N) is 4. The van der Waals surface area contributed by atoms with E-state index >= 15 is 0 Å². The van der Waals surface area contributed by atoms with Crippen molar-refractivity contribution in [2.75, 3.05) is 5.32 Å². The summed E-state index contributed by atoms with van der Waals surface area (Å²) in [6.07, 6.45) is 0. The first-order valence-corrected chi connectivity index (χ1v) is 11.9. The van der Waals surface area contributed by atoms with Gasteiger partial charge in [-0.2, -0.15) is 5.10 Å². The average molecular weight is 484 g/mol. The molecule has 0 spiro atoms. The van der Waals surface area contributed by atoms with Crippen molar-refractivity contribution in [2.45, 2.75) is 23.9 Å². The summed E-state index contributed by atoms with van der Waals surface area (Å²) in [5.41, 5.74) is 1.88. The predicted molar refractivity (Wildman–Crippen MR) is 135 cm³/mol. The molecule has 35 heavy (non-hydrogen) atoms. The molecule has 2 aromatic heterocycles. The molecule has 174 valence electrons. The van der Waals surface area contributed by atoms with E-state index in [9.17, 15) is 9.59 Å². The Morgan fingerprint density at radius 3 is 2.34 bits per heavy atom. The average Bonchev–Trinajstić information content (AvgIpc) is 3.35. The lowest BCUT2D eigenvalue weighted by molar-refractivity contribution is -0.115. The lowest BCUT2D eigenvalue weighted by Gasteiger charge is -2.10. The zero-order chi connectivity index (χ0) is 24.2. The molecule has 1 atom stereocenters. The number of benzene rings is 3. The first kappa shape index (κ1) is 22.5. The van der Waals surface area contributed by atoms with Crippen LogP contribution in [0.3, 0.4) is 0 Å². The molecule has 0 bridgehead atoms. The van der Waals surface area contributed by atoms with Crippen LogP contribution < -0.4 is 10.9 Å². The molecule has 5 rings (SSSR count). The van der Waals surface area contributed by atoms with Crippen molar-refractivity contribution in [1.29, 1.82) is 0 Å². The largest absolute Gasteiger partial charge is 0.409 e. The van der Waals surface area contributed by atoms with E-state index in [2.05, 4.69) is 20.6 Å². The van der Waals surface area contributed by atoms with E-state index in [1.807, 2.05) is 72.8 Å². The second kappa shape index (κ2) is 9.94. The maximum atomic E-state index is 13.1. The summed E-state index contributed by atoms with van der Waals surface area (Å²) in [4.78, 5) is 25.6. The van der Waals surface area contributed by atoms with Crippen LogP contribution in [0.2, 0.25) is 0 Å². The van der Waals surface area contributed by atoms with Gasteiger partial charge in [-0.1, -0.05) is 78.5 Å². The van der Waals surface area contributed by atoms with E-state index in [1.165, 1.54) is 4.68 Å². The topological polar surface area (TPSA) is 103 Å². The molecule has 0 saturated carbocycles. The molecule has 0 radical (unpaired) electrons. The number of anilines is 1. The summed E-state index contributed by atoms with van der Waals surface area (Å²) in [5.74, 6) is 0.00196. The van der Waals surface area contributed by atoms with Gasteiger partial charge in [-0.25, -0.2) is 4.68 Å². The molecule has 5 aromatic rings. The second-order valence-corrected chi connectivity index (χ2v) is 9.12. The molecule has 0 saturated heterocycles. The Kier molecular flexibility index (Phi) is 6.40. The third kappa shape index (κ3) is 4.99. The van der Waals surface area contributed by atoms with Gasteiger partial charge in [-0.3, -0.25) is 9.59 Å². The van der Waals surface area contributed by atoms with Crippen LogP contribution in [0, 0.1) is 0 Å². The number of hydrogen-bond acceptors (Lipinski definition) is 7. The van der Waals surface area contributed by atoms with Crippen LogP contribution in [-0.2, 0) is 11.3 Å². The third-order valence-corrected chi connectivity index (χ3v) is 6.27. The van der Waals surface area contributed by atoms with Crippen LogP contribution in [0.15, 0.2) is 99.4 Å². The van der Waals surface area contributed by atoms with E-state index < -0.39 is 5.25 Å². The Labute approximate surface area is 205 Å². The number of para-hydroxylation sites is 1. The Morgan fingerprint density at radius 1 is 0.943 bits per heavy atom. The first-order valence-electron chi connectivity index (χ1n) is 11.0. The third-order valence-electron chi connectivity index (χ3n) is 5.34. The standard InChI is InChI=1S/C26H21N5O3S/c1-17(23(32)27-19-12-6-3-7-13-19)35-26-29-28-24(34-26)22-20-14-8-9-15-21(20)25(33)31(30-22)16-18-10-4-2-5-11-18/h2-15,17H,16H2,1H3,(H,27,32). The molecule has 1 amide bonds. The van der Waals surface area contributed by atoms with E-state index in [1.54, 1.807) is 19.1 Å². The van der Waals surface area contributed by atoms with Crippen molar-refractivity contribution >= 4 is 34.1 Å². The van der Waals surface area contributed by atoms with Gasteiger partial charge >= 0.3 is 0 Å². The number of fused-ring (bicyclic) bond motifs is 1. The zero-order valence-corrected chi connectivity index (χ0v) is 19.6. The van der Waals surface area contributed by atoms with Crippen LogP contribution in [0.5, 0.6) is 0 Å². The van der Waals surface area contributed by atoms with E-state index in [0.717, 1.165) is 17.3 Å². The number of rotatable bonds is 7. The molecule has 1 N–H and O–H groups in total. The van der Waals surface area contributed by atoms with Crippen LogP contribution in [0.25, 0.3) is 22.4 Å². The van der Waals surface area contributed by atoms with Gasteiger partial charge in [-0.15, -0.1) is 10.2 Å². The Balaban J connectivity index is 1.43. The van der Waals surface area contributed by atoms with Crippen molar-refractivity contribution in [3.8, 4) is 11.6 Å². The number of hydrogen-bond donors (Lipinski definition) is 1. The van der Waals surface area contributed by atoms with Crippen LogP contribution in [0.4, 0.5) is 5.69 Å². The van der Waals surface area contributed by atoms with Crippen molar-refractivity contribution in [2.24, 2.45) is 0 Å². The predicted octanol–water partition coefficient (Wildman–Crippen LogP) is 4.61. The SMILES string of the molecule is CC(Sc1nnc(-c2nn(Cc3ccccc3)c(=O)c3ccccc23)o1)C(=O)Nc1ccccc1. The minimum absolute atomic E-state index is 0.180. The Morgan fingerprint density at radius 2 is 1.60 bits per heavy atom. The van der Waals surface area contributed by atoms with Crippen molar-refractivity contribution < 1.29 is 9.21 Å². The zero-order valence-electron chi connectivity index (χ0n) is 18.8. The molecule has 0 aliphatic carbocycles. The highest BCUT2D eigenvalue weighted by Crippen LogP contribution is 2.29. The molecular formula is C26H21N5O3S. The van der Waals surface area contributed by atoms with Gasteiger partial charge in [0.05, 0.1) is 17.2 Å². The highest BCUT2D eigenvalue weighted by atomic mass is 32.2. The number of nitrogens with one attached hydrogen (secondary N) is 1. The maximum absolute atomic E-state index is 13.1. The lowest BCUT2D eigenvalue weighted by atomic mass is 10.1. The van der Waals surface area contributed by atoms with Crippen molar-refractivity contribution in [1.82, 2.24) is 20.0 Å². The molecular weight excluding hydrogens is 462 g/mol. The minimum Gasteiger partial charge on any atom is -0.409 e. The Bertz CT molecular complexity index is 1530. The molecule has 0 aliphatic heterocycles. The van der Waals surface area contributed by atoms with E-state index in [0.29, 0.717) is 28.7 Å². The highest BCUT2D eigenvalue weighted by Gasteiger charge is 2.21. The smallest absolute Gasteiger partial charge is 0.277 e. The monoisotopic (exact) mass is 483 g/mol. The summed E-state index contributed by atoms with van der Waals surface area (Å²) in [6.45, 7) is 2.07. The van der Waals surface area contributed by atoms with Gasteiger partial charge < -0.3 is 9.73 Å². The molecule has 0 aliphatic rings. The van der Waals surface area contributed by atoms with Gasteiger partial charge in [0.1, 0.15) is 0 Å². The summed E-state index contributed by atoms with van der Waals surface area (Å²) < 4.78 is 7.28. The molecule has 8 nitrogen and oxygen atoms in total. The molecule has 0 fully saturated rings. The summed E-state index contributed by atoms with van der Waals surface area (Å²) in [7, 11) is 0. The quantitative estimate of drug-likeness (QED) is 0.337. The number of aromatic nitrogens is 4. The van der Waals surface area contributed by atoms with Gasteiger partial charge in [0.2, 0.25) is 5.91 Å². The van der Waals surface area contributed by atoms with E-state index in [-0.39, 0.29) is 22.6 Å². The summed E-state index contributed by atoms with van der Waals surface area (Å²) >= 11 is 1.15. The van der Waals surface area contributed by atoms with Gasteiger partial charge in [-0.05, 0) is 30.7 Å². The molecule has 9 heteroatoms. The minimum atomic E-state index is -0.472. The van der Waals surface area contributed by atoms with Crippen LogP contribution in [0.1, 0.15) is 12.5 Å². The second-order valence-electron chi connectivity index (χ2n) is 7.83. The molecule has 3 aromatic carbocycles. The fourth-order valence-electron chi connectivity index (χ4n) is 3.58. The number of carbonyl (C=O) groups is 1. The van der Waals surface area contributed by atoms with Crippen molar-refractivity contribution in [3.05, 3.63) is 101 Å². The summed E-state index contributed by atoms with van der Waals surface area (Å²) in [6, 6.07) is 26.1. The Hall–Kier alpha value is -4.24.